The quantitative estimate of drug-likeness (QED) is 0.913. The van der Waals surface area contributed by atoms with Gasteiger partial charge in [-0.1, -0.05) is 12.1 Å². The molecule has 0 amide bonds. The summed E-state index contributed by atoms with van der Waals surface area (Å²) in [6.07, 6.45) is 0. The monoisotopic (exact) mass is 287 g/mol. The fraction of sp³-hybridized carbons (Fsp3) is 0.500. The second kappa shape index (κ2) is 6.70. The Kier molecular flexibility index (Phi) is 4.94. The predicted octanol–water partition coefficient (Wildman–Crippen LogP) is 1.71. The largest absolute Gasteiger partial charge is 0.480 e. The molecule has 2 unspecified atom stereocenters. The lowest BCUT2D eigenvalue weighted by Crippen LogP contribution is -2.52. The van der Waals surface area contributed by atoms with Crippen LogP contribution in [0.4, 0.5) is 0 Å². The topological polar surface area (TPSA) is 67.6 Å². The molecule has 21 heavy (non-hydrogen) atoms. The first kappa shape index (κ1) is 15.5. The number of nitriles is 1. The number of hydrogen-bond donors (Lipinski definition) is 1. The van der Waals surface area contributed by atoms with Gasteiger partial charge < -0.3 is 5.11 Å². The van der Waals surface area contributed by atoms with E-state index in [9.17, 15) is 4.79 Å². The number of rotatable bonds is 4. The van der Waals surface area contributed by atoms with Crippen molar-refractivity contribution in [2.45, 2.75) is 25.9 Å². The van der Waals surface area contributed by atoms with Crippen LogP contribution in [-0.4, -0.2) is 53.1 Å². The summed E-state index contributed by atoms with van der Waals surface area (Å²) in [5, 5.41) is 17.9. The second-order valence-electron chi connectivity index (χ2n) is 5.50. The number of nitrogens with zero attached hydrogens (tertiary/aromatic N) is 3. The van der Waals surface area contributed by atoms with Crippen LogP contribution in [0.2, 0.25) is 0 Å². The summed E-state index contributed by atoms with van der Waals surface area (Å²) in [4.78, 5) is 15.4. The molecule has 2 rings (SSSR count). The van der Waals surface area contributed by atoms with Crippen molar-refractivity contribution in [2.24, 2.45) is 0 Å². The molecule has 1 aliphatic heterocycles. The fourth-order valence-corrected chi connectivity index (χ4v) is 2.72. The van der Waals surface area contributed by atoms with Crippen LogP contribution in [0, 0.1) is 11.3 Å². The van der Waals surface area contributed by atoms with E-state index in [4.69, 9.17) is 10.4 Å². The van der Waals surface area contributed by atoms with E-state index in [1.54, 1.807) is 6.92 Å². The molecule has 0 bridgehead atoms. The van der Waals surface area contributed by atoms with E-state index < -0.39 is 12.0 Å². The second-order valence-corrected chi connectivity index (χ2v) is 5.50. The minimum absolute atomic E-state index is 0.278. The first-order valence-corrected chi connectivity index (χ1v) is 7.24. The van der Waals surface area contributed by atoms with Crippen molar-refractivity contribution in [3.63, 3.8) is 0 Å². The van der Waals surface area contributed by atoms with E-state index in [2.05, 4.69) is 17.9 Å². The Hall–Kier alpha value is -1.90. The third kappa shape index (κ3) is 3.60. The molecule has 1 aliphatic rings. The molecule has 1 heterocycles. The molecular weight excluding hydrogens is 266 g/mol. The van der Waals surface area contributed by atoms with Crippen LogP contribution in [0.3, 0.4) is 0 Å². The molecule has 0 spiro atoms. The van der Waals surface area contributed by atoms with Gasteiger partial charge in [0.1, 0.15) is 6.04 Å². The zero-order chi connectivity index (χ0) is 15.4. The van der Waals surface area contributed by atoms with Crippen molar-refractivity contribution in [3.05, 3.63) is 35.4 Å². The Balaban J connectivity index is 1.95. The zero-order valence-corrected chi connectivity index (χ0v) is 12.5. The standard InChI is InChI=1S/C16H21N3O2/c1-12(15-5-3-14(11-17)4-6-15)18-7-9-19(10-8-18)13(2)16(20)21/h3-6,12-13H,7-10H2,1-2H3,(H,20,21). The van der Waals surface area contributed by atoms with Gasteiger partial charge in [-0.3, -0.25) is 14.6 Å². The highest BCUT2D eigenvalue weighted by Crippen LogP contribution is 2.22. The van der Waals surface area contributed by atoms with E-state index >= 15 is 0 Å². The molecule has 1 aromatic carbocycles. The van der Waals surface area contributed by atoms with Crippen molar-refractivity contribution in [1.29, 1.82) is 5.26 Å². The van der Waals surface area contributed by atoms with Crippen LogP contribution in [0.1, 0.15) is 31.0 Å². The van der Waals surface area contributed by atoms with Gasteiger partial charge >= 0.3 is 5.97 Å². The minimum atomic E-state index is -0.761. The third-order valence-corrected chi connectivity index (χ3v) is 4.32. The lowest BCUT2D eigenvalue weighted by Gasteiger charge is -2.39. The zero-order valence-electron chi connectivity index (χ0n) is 12.5. The Morgan fingerprint density at radius 2 is 1.67 bits per heavy atom. The van der Waals surface area contributed by atoms with Gasteiger partial charge in [0.05, 0.1) is 11.6 Å². The van der Waals surface area contributed by atoms with Crippen LogP contribution in [0.25, 0.3) is 0 Å². The summed E-state index contributed by atoms with van der Waals surface area (Å²) >= 11 is 0. The average molecular weight is 287 g/mol. The summed E-state index contributed by atoms with van der Waals surface area (Å²) in [5.74, 6) is -0.761. The van der Waals surface area contributed by atoms with Crippen molar-refractivity contribution in [1.82, 2.24) is 9.80 Å². The number of aliphatic carboxylic acids is 1. The van der Waals surface area contributed by atoms with E-state index in [0.29, 0.717) is 5.56 Å². The number of carbonyl (C=O) groups is 1. The average Bonchev–Trinajstić information content (AvgIpc) is 2.53. The van der Waals surface area contributed by atoms with E-state index in [-0.39, 0.29) is 6.04 Å². The molecule has 112 valence electrons. The molecule has 1 aromatic rings. The number of hydrogen-bond acceptors (Lipinski definition) is 4. The molecular formula is C16H21N3O2. The molecule has 0 aromatic heterocycles. The lowest BCUT2D eigenvalue weighted by atomic mass is 10.0. The SMILES string of the molecule is CC(C(=O)O)N1CCN(C(C)c2ccc(C#N)cc2)CC1. The summed E-state index contributed by atoms with van der Waals surface area (Å²) in [5.41, 5.74) is 1.86. The maximum atomic E-state index is 11.0. The van der Waals surface area contributed by atoms with Crippen LogP contribution < -0.4 is 0 Å². The number of carboxylic acid groups (broad SMARTS) is 1. The summed E-state index contributed by atoms with van der Waals surface area (Å²) in [7, 11) is 0. The molecule has 0 saturated carbocycles. The number of carboxylic acids is 1. The number of benzene rings is 1. The predicted molar refractivity (Wildman–Crippen MR) is 79.8 cm³/mol. The molecule has 1 fully saturated rings. The minimum Gasteiger partial charge on any atom is -0.480 e. The fourth-order valence-electron chi connectivity index (χ4n) is 2.72. The number of piperazine rings is 1. The van der Waals surface area contributed by atoms with Gasteiger partial charge in [0, 0.05) is 32.2 Å². The van der Waals surface area contributed by atoms with Crippen LogP contribution in [0.15, 0.2) is 24.3 Å². The van der Waals surface area contributed by atoms with Gasteiger partial charge in [0.15, 0.2) is 0 Å². The van der Waals surface area contributed by atoms with Crippen molar-refractivity contribution in [2.75, 3.05) is 26.2 Å². The Labute approximate surface area is 125 Å². The van der Waals surface area contributed by atoms with Crippen LogP contribution in [-0.2, 0) is 4.79 Å². The Bertz CT molecular complexity index is 527. The van der Waals surface area contributed by atoms with Gasteiger partial charge in [0.2, 0.25) is 0 Å². The molecule has 5 heteroatoms. The van der Waals surface area contributed by atoms with Crippen LogP contribution in [0.5, 0.6) is 0 Å². The van der Waals surface area contributed by atoms with Crippen molar-refractivity contribution < 1.29 is 9.90 Å². The van der Waals surface area contributed by atoms with Gasteiger partial charge in [0.25, 0.3) is 0 Å². The van der Waals surface area contributed by atoms with Gasteiger partial charge in [-0.2, -0.15) is 5.26 Å². The van der Waals surface area contributed by atoms with E-state index in [1.807, 2.05) is 29.2 Å². The highest BCUT2D eigenvalue weighted by molar-refractivity contribution is 5.72. The first-order chi connectivity index (χ1) is 10.0. The molecule has 1 saturated heterocycles. The summed E-state index contributed by atoms with van der Waals surface area (Å²) < 4.78 is 0. The highest BCUT2D eigenvalue weighted by atomic mass is 16.4. The van der Waals surface area contributed by atoms with Gasteiger partial charge in [-0.05, 0) is 31.5 Å². The smallest absolute Gasteiger partial charge is 0.320 e. The Morgan fingerprint density at radius 1 is 1.14 bits per heavy atom. The first-order valence-electron chi connectivity index (χ1n) is 7.24. The molecule has 0 radical (unpaired) electrons. The molecule has 2 atom stereocenters. The van der Waals surface area contributed by atoms with Crippen LogP contribution >= 0.6 is 0 Å². The maximum absolute atomic E-state index is 11.0. The summed E-state index contributed by atoms with van der Waals surface area (Å²) in [6, 6.07) is 9.66. The van der Waals surface area contributed by atoms with Crippen molar-refractivity contribution in [3.8, 4) is 6.07 Å². The van der Waals surface area contributed by atoms with Gasteiger partial charge in [-0.15, -0.1) is 0 Å². The maximum Gasteiger partial charge on any atom is 0.320 e. The molecule has 5 nitrogen and oxygen atoms in total. The van der Waals surface area contributed by atoms with Crippen molar-refractivity contribution >= 4 is 5.97 Å². The lowest BCUT2D eigenvalue weighted by molar-refractivity contribution is -0.143. The molecule has 0 aliphatic carbocycles. The van der Waals surface area contributed by atoms with E-state index in [1.165, 1.54) is 5.56 Å². The van der Waals surface area contributed by atoms with Gasteiger partial charge in [-0.25, -0.2) is 0 Å². The summed E-state index contributed by atoms with van der Waals surface area (Å²) in [6.45, 7) is 7.15. The molecule has 1 N–H and O–H groups in total. The Morgan fingerprint density at radius 3 is 2.14 bits per heavy atom. The normalized spacial score (nSPS) is 19.7. The van der Waals surface area contributed by atoms with E-state index in [0.717, 1.165) is 26.2 Å². The highest BCUT2D eigenvalue weighted by Gasteiger charge is 2.27. The third-order valence-electron chi connectivity index (χ3n) is 4.32.